The normalized spacial score (nSPS) is 12.1. The maximum absolute atomic E-state index is 2.48. The molecule has 0 atom stereocenters. The van der Waals surface area contributed by atoms with Crippen molar-refractivity contribution in [3.63, 3.8) is 0 Å². The van der Waals surface area contributed by atoms with Crippen LogP contribution >= 0.6 is 0 Å². The average molecular weight is 698 g/mol. The molecule has 0 amide bonds. The summed E-state index contributed by atoms with van der Waals surface area (Å²) in [5.74, 6) is 0.432. The van der Waals surface area contributed by atoms with Gasteiger partial charge in [-0.2, -0.15) is 0 Å². The highest BCUT2D eigenvalue weighted by Gasteiger charge is 2.25. The SMILES string of the molecule is Cc1ccc(-c2ccccc2)cc1N(c1ccc2cc3c(cc2c1)-c1cc2ccc(-c4ccc(C(C)(C)C)cc4)cc2cc1-3)c1cc(C(C)C)ccc1C. The largest absolute Gasteiger partial charge is 0.310 e. The molecule has 8 aromatic rings. The van der Waals surface area contributed by atoms with Gasteiger partial charge in [-0.25, -0.2) is 0 Å². The lowest BCUT2D eigenvalue weighted by molar-refractivity contribution is 0.590. The molecule has 0 radical (unpaired) electrons. The second-order valence-corrected chi connectivity index (χ2v) is 16.6. The van der Waals surface area contributed by atoms with Crippen LogP contribution in [0.2, 0.25) is 0 Å². The third-order valence-corrected chi connectivity index (χ3v) is 11.6. The van der Waals surface area contributed by atoms with E-state index in [1.54, 1.807) is 0 Å². The van der Waals surface area contributed by atoms with Crippen LogP contribution in [0.25, 0.3) is 66.1 Å². The average Bonchev–Trinajstić information content (AvgIpc) is 3.17. The zero-order valence-corrected chi connectivity index (χ0v) is 32.5. The van der Waals surface area contributed by atoms with Gasteiger partial charge in [0.05, 0.1) is 0 Å². The molecular weight excluding hydrogens is 651 g/mol. The molecule has 0 aliphatic heterocycles. The summed E-state index contributed by atoms with van der Waals surface area (Å²) in [5.41, 5.74) is 19.3. The van der Waals surface area contributed by atoms with Crippen molar-refractivity contribution in [3.05, 3.63) is 174 Å². The summed E-state index contributed by atoms with van der Waals surface area (Å²) >= 11 is 0. The van der Waals surface area contributed by atoms with Gasteiger partial charge in [-0.05, 0) is 168 Å². The van der Waals surface area contributed by atoms with Gasteiger partial charge in [-0.15, -0.1) is 0 Å². The summed E-state index contributed by atoms with van der Waals surface area (Å²) in [6, 6.07) is 57.1. The number of aryl methyl sites for hydroxylation is 2. The van der Waals surface area contributed by atoms with E-state index in [0.717, 1.165) is 0 Å². The summed E-state index contributed by atoms with van der Waals surface area (Å²) in [6.07, 6.45) is 0. The minimum absolute atomic E-state index is 0.148. The van der Waals surface area contributed by atoms with Crippen LogP contribution in [0.4, 0.5) is 17.1 Å². The molecule has 1 aliphatic rings. The van der Waals surface area contributed by atoms with Crippen molar-refractivity contribution in [2.24, 2.45) is 0 Å². The molecule has 0 heterocycles. The van der Waals surface area contributed by atoms with Crippen LogP contribution in [0.1, 0.15) is 62.8 Å². The van der Waals surface area contributed by atoms with E-state index >= 15 is 0 Å². The number of rotatable bonds is 6. The Bertz CT molecular complexity index is 2720. The summed E-state index contributed by atoms with van der Waals surface area (Å²) in [4.78, 5) is 2.48. The number of benzene rings is 8. The first-order valence-corrected chi connectivity index (χ1v) is 19.4. The zero-order chi connectivity index (χ0) is 37.3. The molecule has 0 bridgehead atoms. The van der Waals surface area contributed by atoms with E-state index in [1.165, 1.54) is 105 Å². The van der Waals surface area contributed by atoms with Crippen molar-refractivity contribution in [3.8, 4) is 44.5 Å². The first-order valence-electron chi connectivity index (χ1n) is 19.4. The molecule has 54 heavy (non-hydrogen) atoms. The lowest BCUT2D eigenvalue weighted by Crippen LogP contribution is -2.13. The Morgan fingerprint density at radius 3 is 1.56 bits per heavy atom. The van der Waals surface area contributed by atoms with E-state index in [9.17, 15) is 0 Å². The standard InChI is InChI=1S/C53H47N/c1-33(2)38-15-13-34(3)51(31-38)54(52-32-42(16-14-35(52)4)36-11-9-8-10-12-36)46-24-21-41-28-48-49-29-43-25-39(37-19-22-45(23-20-37)53(5,6)7)17-18-40(43)27-47(49)50(48)30-44(41)26-46/h8-33H,1-7H3. The van der Waals surface area contributed by atoms with Crippen molar-refractivity contribution < 1.29 is 0 Å². The fourth-order valence-corrected chi connectivity index (χ4v) is 8.19. The van der Waals surface area contributed by atoms with Crippen LogP contribution in [0.15, 0.2) is 152 Å². The fourth-order valence-electron chi connectivity index (χ4n) is 8.19. The van der Waals surface area contributed by atoms with Gasteiger partial charge in [-0.3, -0.25) is 0 Å². The van der Waals surface area contributed by atoms with Crippen LogP contribution in [-0.4, -0.2) is 0 Å². The molecule has 0 aromatic heterocycles. The van der Waals surface area contributed by atoms with E-state index in [-0.39, 0.29) is 5.41 Å². The molecule has 1 aliphatic carbocycles. The fraction of sp³-hybridized carbons (Fsp3) is 0.170. The van der Waals surface area contributed by atoms with Crippen LogP contribution < -0.4 is 4.90 Å². The molecule has 0 fully saturated rings. The first kappa shape index (κ1) is 33.9. The highest BCUT2D eigenvalue weighted by molar-refractivity contribution is 6.12. The highest BCUT2D eigenvalue weighted by Crippen LogP contribution is 2.51. The lowest BCUT2D eigenvalue weighted by atomic mass is 9.77. The van der Waals surface area contributed by atoms with Crippen LogP contribution in [0.5, 0.6) is 0 Å². The van der Waals surface area contributed by atoms with Gasteiger partial charge >= 0.3 is 0 Å². The molecule has 0 saturated carbocycles. The number of fused-ring (bicyclic) bond motifs is 6. The van der Waals surface area contributed by atoms with Crippen LogP contribution in [0, 0.1) is 13.8 Å². The summed E-state index contributed by atoms with van der Waals surface area (Å²) in [6.45, 7) is 15.8. The predicted molar refractivity (Wildman–Crippen MR) is 234 cm³/mol. The molecule has 0 saturated heterocycles. The topological polar surface area (TPSA) is 3.24 Å². The second-order valence-electron chi connectivity index (χ2n) is 16.6. The molecule has 0 spiro atoms. The molecule has 1 nitrogen and oxygen atoms in total. The van der Waals surface area contributed by atoms with Gasteiger partial charge in [0.15, 0.2) is 0 Å². The smallest absolute Gasteiger partial charge is 0.0497 e. The zero-order valence-electron chi connectivity index (χ0n) is 32.5. The maximum Gasteiger partial charge on any atom is 0.0497 e. The first-order chi connectivity index (χ1) is 26.0. The Balaban J connectivity index is 1.13. The van der Waals surface area contributed by atoms with Crippen molar-refractivity contribution in [2.45, 2.75) is 59.8 Å². The third kappa shape index (κ3) is 5.89. The number of hydrogen-bond donors (Lipinski definition) is 0. The summed E-state index contributed by atoms with van der Waals surface area (Å²) < 4.78 is 0. The monoisotopic (exact) mass is 697 g/mol. The molecular formula is C53H47N. The number of nitrogens with zero attached hydrogens (tertiary/aromatic N) is 1. The lowest BCUT2D eigenvalue weighted by Gasteiger charge is -2.30. The Kier molecular flexibility index (Phi) is 8.09. The van der Waals surface area contributed by atoms with E-state index in [2.05, 4.69) is 205 Å². The maximum atomic E-state index is 2.48. The van der Waals surface area contributed by atoms with Gasteiger partial charge < -0.3 is 4.90 Å². The third-order valence-electron chi connectivity index (χ3n) is 11.6. The molecule has 8 aromatic carbocycles. The molecule has 0 N–H and O–H groups in total. The molecule has 1 heteroatoms. The van der Waals surface area contributed by atoms with Crippen molar-refractivity contribution in [1.82, 2.24) is 0 Å². The predicted octanol–water partition coefficient (Wildman–Crippen LogP) is 15.5. The van der Waals surface area contributed by atoms with Crippen molar-refractivity contribution in [1.29, 1.82) is 0 Å². The Morgan fingerprint density at radius 1 is 0.426 bits per heavy atom. The van der Waals surface area contributed by atoms with Gasteiger partial charge in [0.2, 0.25) is 0 Å². The Hall–Kier alpha value is -5.92. The minimum Gasteiger partial charge on any atom is -0.310 e. The van der Waals surface area contributed by atoms with Gasteiger partial charge in [0.1, 0.15) is 0 Å². The van der Waals surface area contributed by atoms with Gasteiger partial charge in [0, 0.05) is 17.1 Å². The summed E-state index contributed by atoms with van der Waals surface area (Å²) in [5, 5.41) is 5.09. The Labute approximate surface area is 320 Å². The number of hydrogen-bond acceptors (Lipinski definition) is 1. The van der Waals surface area contributed by atoms with E-state index in [0.29, 0.717) is 5.92 Å². The van der Waals surface area contributed by atoms with Crippen LogP contribution in [-0.2, 0) is 5.41 Å². The van der Waals surface area contributed by atoms with Crippen LogP contribution in [0.3, 0.4) is 0 Å². The second kappa shape index (κ2) is 12.9. The minimum atomic E-state index is 0.148. The van der Waals surface area contributed by atoms with Crippen molar-refractivity contribution >= 4 is 38.6 Å². The van der Waals surface area contributed by atoms with Gasteiger partial charge in [0.25, 0.3) is 0 Å². The quantitative estimate of drug-likeness (QED) is 0.167. The molecule has 0 unspecified atom stereocenters. The van der Waals surface area contributed by atoms with E-state index < -0.39 is 0 Å². The van der Waals surface area contributed by atoms with E-state index in [1.807, 2.05) is 0 Å². The van der Waals surface area contributed by atoms with E-state index in [4.69, 9.17) is 0 Å². The van der Waals surface area contributed by atoms with Crippen molar-refractivity contribution in [2.75, 3.05) is 4.90 Å². The highest BCUT2D eigenvalue weighted by atomic mass is 15.1. The van der Waals surface area contributed by atoms with Gasteiger partial charge in [-0.1, -0.05) is 132 Å². The summed E-state index contributed by atoms with van der Waals surface area (Å²) in [7, 11) is 0. The number of anilines is 3. The molecule has 9 rings (SSSR count). The molecule has 264 valence electrons. The Morgan fingerprint density at radius 2 is 0.926 bits per heavy atom.